The number of hydrogen-bond donors (Lipinski definition) is 2. The second-order valence-corrected chi connectivity index (χ2v) is 2.49. The largest absolute Gasteiger partial charge is 0.316 e. The monoisotopic (exact) mass is 204 g/mol. The van der Waals surface area contributed by atoms with Gasteiger partial charge in [0.05, 0.1) is 4.92 Å². The van der Waals surface area contributed by atoms with Crippen LogP contribution in [0.1, 0.15) is 5.56 Å². The summed E-state index contributed by atoms with van der Waals surface area (Å²) in [5.41, 5.74) is 0.623. The molecule has 0 bridgehead atoms. The van der Waals surface area contributed by atoms with Crippen molar-refractivity contribution in [1.82, 2.24) is 5.48 Å². The van der Waals surface area contributed by atoms with Crippen LogP contribution >= 0.6 is 0 Å². The van der Waals surface area contributed by atoms with Crippen LogP contribution in [0, 0.1) is 21.7 Å². The van der Waals surface area contributed by atoms with Crippen LogP contribution in [0.15, 0.2) is 12.1 Å². The lowest BCUT2D eigenvalue weighted by Crippen LogP contribution is -2.09. The molecule has 0 fully saturated rings. The van der Waals surface area contributed by atoms with Gasteiger partial charge in [-0.25, -0.2) is 9.87 Å². The Morgan fingerprint density at radius 1 is 1.43 bits per heavy atom. The summed E-state index contributed by atoms with van der Waals surface area (Å²) < 4.78 is 25.6. The van der Waals surface area contributed by atoms with E-state index in [4.69, 9.17) is 5.21 Å². The summed E-state index contributed by atoms with van der Waals surface area (Å²) in [6.07, 6.45) is 0. The van der Waals surface area contributed by atoms with Crippen molar-refractivity contribution < 1.29 is 18.9 Å². The average Bonchev–Trinajstić information content (AvgIpc) is 2.09. The van der Waals surface area contributed by atoms with Crippen molar-refractivity contribution >= 4 is 5.69 Å². The van der Waals surface area contributed by atoms with E-state index in [1.165, 1.54) is 0 Å². The Kier molecular flexibility index (Phi) is 3.05. The van der Waals surface area contributed by atoms with E-state index in [-0.39, 0.29) is 12.1 Å². The molecule has 0 aliphatic carbocycles. The maximum Gasteiger partial charge on any atom is 0.305 e. The number of nitrogens with zero attached hydrogens (tertiary/aromatic N) is 1. The highest BCUT2D eigenvalue weighted by molar-refractivity contribution is 5.37. The highest BCUT2D eigenvalue weighted by Crippen LogP contribution is 2.21. The second kappa shape index (κ2) is 4.07. The van der Waals surface area contributed by atoms with Gasteiger partial charge >= 0.3 is 5.69 Å². The molecule has 0 heterocycles. The molecular weight excluding hydrogens is 198 g/mol. The van der Waals surface area contributed by atoms with Crippen LogP contribution in [-0.4, -0.2) is 10.1 Å². The van der Waals surface area contributed by atoms with Crippen LogP contribution in [0.25, 0.3) is 0 Å². The molecule has 0 aromatic heterocycles. The topological polar surface area (TPSA) is 75.4 Å². The van der Waals surface area contributed by atoms with Crippen LogP contribution in [0.2, 0.25) is 0 Å². The lowest BCUT2D eigenvalue weighted by Gasteiger charge is -2.01. The highest BCUT2D eigenvalue weighted by atomic mass is 19.1. The average molecular weight is 204 g/mol. The molecule has 0 radical (unpaired) electrons. The van der Waals surface area contributed by atoms with Gasteiger partial charge in [0.15, 0.2) is 0 Å². The van der Waals surface area contributed by atoms with Crippen LogP contribution < -0.4 is 5.48 Å². The summed E-state index contributed by atoms with van der Waals surface area (Å²) in [4.78, 5) is 9.29. The first kappa shape index (κ1) is 10.5. The van der Waals surface area contributed by atoms with Crippen LogP contribution in [0.5, 0.6) is 0 Å². The van der Waals surface area contributed by atoms with Gasteiger partial charge in [-0.1, -0.05) is 0 Å². The van der Waals surface area contributed by atoms with Gasteiger partial charge in [-0.3, -0.25) is 10.1 Å². The third-order valence-electron chi connectivity index (χ3n) is 1.58. The van der Waals surface area contributed by atoms with Gasteiger partial charge in [0.25, 0.3) is 0 Å². The first-order valence-corrected chi connectivity index (χ1v) is 3.55. The summed E-state index contributed by atoms with van der Waals surface area (Å²) in [5.74, 6) is -2.19. The van der Waals surface area contributed by atoms with E-state index in [0.717, 1.165) is 6.07 Å². The Morgan fingerprint density at radius 2 is 2.07 bits per heavy atom. The standard InChI is InChI=1S/C7H6F2N2O3/c8-5-2-6(9)7(11(13)14)1-4(5)3-10-12/h1-2,10,12H,3H2. The predicted molar refractivity (Wildman–Crippen MR) is 41.6 cm³/mol. The zero-order valence-electron chi connectivity index (χ0n) is 6.83. The fourth-order valence-corrected chi connectivity index (χ4v) is 0.941. The van der Waals surface area contributed by atoms with E-state index in [0.29, 0.717) is 6.07 Å². The van der Waals surface area contributed by atoms with E-state index in [2.05, 4.69) is 0 Å². The minimum absolute atomic E-state index is 0.180. The Bertz CT molecular complexity index is 370. The maximum atomic E-state index is 12.9. The molecule has 0 unspecified atom stereocenters. The third kappa shape index (κ3) is 2.01. The zero-order chi connectivity index (χ0) is 10.7. The number of benzene rings is 1. The number of nitro groups is 1. The first-order chi connectivity index (χ1) is 6.56. The number of halogens is 2. The molecule has 7 heteroatoms. The van der Waals surface area contributed by atoms with Crippen LogP contribution in [0.3, 0.4) is 0 Å². The fourth-order valence-electron chi connectivity index (χ4n) is 0.941. The number of rotatable bonds is 3. The third-order valence-corrected chi connectivity index (χ3v) is 1.58. The highest BCUT2D eigenvalue weighted by Gasteiger charge is 2.17. The van der Waals surface area contributed by atoms with Crippen molar-refractivity contribution in [3.8, 4) is 0 Å². The molecule has 2 N–H and O–H groups in total. The molecule has 0 saturated carbocycles. The molecule has 1 aromatic carbocycles. The zero-order valence-corrected chi connectivity index (χ0v) is 6.83. The molecule has 0 aliphatic rings. The number of nitrogens with one attached hydrogen (secondary N) is 1. The van der Waals surface area contributed by atoms with Crippen molar-refractivity contribution in [3.05, 3.63) is 39.4 Å². The molecular formula is C7H6F2N2O3. The van der Waals surface area contributed by atoms with Crippen LogP contribution in [-0.2, 0) is 6.54 Å². The smallest absolute Gasteiger partial charge is 0.305 e. The SMILES string of the molecule is O=[N+]([O-])c1cc(CNO)c(F)cc1F. The van der Waals surface area contributed by atoms with E-state index < -0.39 is 22.2 Å². The van der Waals surface area contributed by atoms with E-state index >= 15 is 0 Å². The Labute approximate surface area is 77.1 Å². The lowest BCUT2D eigenvalue weighted by atomic mass is 10.2. The van der Waals surface area contributed by atoms with Crippen molar-refractivity contribution in [3.63, 3.8) is 0 Å². The molecule has 0 saturated heterocycles. The van der Waals surface area contributed by atoms with Gasteiger partial charge in [0.1, 0.15) is 5.82 Å². The van der Waals surface area contributed by atoms with Crippen molar-refractivity contribution in [1.29, 1.82) is 0 Å². The summed E-state index contributed by atoms with van der Waals surface area (Å²) >= 11 is 0. The van der Waals surface area contributed by atoms with Crippen molar-refractivity contribution in [2.45, 2.75) is 6.54 Å². The minimum Gasteiger partial charge on any atom is -0.316 e. The molecule has 0 amide bonds. The van der Waals surface area contributed by atoms with Gasteiger partial charge in [0, 0.05) is 24.2 Å². The van der Waals surface area contributed by atoms with Crippen molar-refractivity contribution in [2.75, 3.05) is 0 Å². The summed E-state index contributed by atoms with van der Waals surface area (Å²) in [5, 5.41) is 18.5. The van der Waals surface area contributed by atoms with Gasteiger partial charge in [-0.15, -0.1) is 0 Å². The van der Waals surface area contributed by atoms with Gasteiger partial charge in [-0.2, -0.15) is 4.39 Å². The molecule has 0 atom stereocenters. The Balaban J connectivity index is 3.20. The second-order valence-electron chi connectivity index (χ2n) is 2.49. The summed E-state index contributed by atoms with van der Waals surface area (Å²) in [7, 11) is 0. The van der Waals surface area contributed by atoms with E-state index in [9.17, 15) is 18.9 Å². The normalized spacial score (nSPS) is 10.2. The van der Waals surface area contributed by atoms with E-state index in [1.54, 1.807) is 5.48 Å². The van der Waals surface area contributed by atoms with Gasteiger partial charge in [-0.05, 0) is 0 Å². The molecule has 1 aromatic rings. The van der Waals surface area contributed by atoms with E-state index in [1.807, 2.05) is 0 Å². The molecule has 1 rings (SSSR count). The van der Waals surface area contributed by atoms with Gasteiger partial charge < -0.3 is 5.21 Å². The quantitative estimate of drug-likeness (QED) is 0.575. The number of nitro benzene ring substituents is 1. The molecule has 0 spiro atoms. The van der Waals surface area contributed by atoms with Gasteiger partial charge in [0.2, 0.25) is 5.82 Å². The molecule has 5 nitrogen and oxygen atoms in total. The van der Waals surface area contributed by atoms with Crippen LogP contribution in [0.4, 0.5) is 14.5 Å². The van der Waals surface area contributed by atoms with Crippen molar-refractivity contribution in [2.24, 2.45) is 0 Å². The molecule has 14 heavy (non-hydrogen) atoms. The Morgan fingerprint density at radius 3 is 2.57 bits per heavy atom. The maximum absolute atomic E-state index is 12.9. The molecule has 76 valence electrons. The summed E-state index contributed by atoms with van der Waals surface area (Å²) in [6.45, 7) is -0.326. The fraction of sp³-hybridized carbons (Fsp3) is 0.143. The minimum atomic E-state index is -1.24. The number of hydroxylamine groups is 1. The predicted octanol–water partition coefficient (Wildman–Crippen LogP) is 1.35. The first-order valence-electron chi connectivity index (χ1n) is 3.55. The molecule has 0 aliphatic heterocycles. The lowest BCUT2D eigenvalue weighted by molar-refractivity contribution is -0.387. The number of hydrogen-bond acceptors (Lipinski definition) is 4. The summed E-state index contributed by atoms with van der Waals surface area (Å²) in [6, 6.07) is 1.14. The Hall–Kier alpha value is -1.60.